The number of carboxylic acid groups (broad SMARTS) is 1. The largest absolute Gasteiger partial charge is 0.481 e. The van der Waals surface area contributed by atoms with Crippen LogP contribution in [0.1, 0.15) is 23.2 Å². The van der Waals surface area contributed by atoms with Crippen LogP contribution in [0.15, 0.2) is 59.2 Å². The summed E-state index contributed by atoms with van der Waals surface area (Å²) in [7, 11) is 0. The van der Waals surface area contributed by atoms with E-state index in [1.165, 1.54) is 0 Å². The second kappa shape index (κ2) is 7.05. The van der Waals surface area contributed by atoms with Gasteiger partial charge in [-0.25, -0.2) is 9.97 Å². The average molecular weight is 385 g/mol. The van der Waals surface area contributed by atoms with Gasteiger partial charge >= 0.3 is 5.97 Å². The van der Waals surface area contributed by atoms with Crippen molar-refractivity contribution >= 4 is 28.4 Å². The summed E-state index contributed by atoms with van der Waals surface area (Å²) in [6, 6.07) is 15.3. The first-order valence-electron chi connectivity index (χ1n) is 9.61. The van der Waals surface area contributed by atoms with Crippen molar-refractivity contribution in [2.24, 2.45) is 0 Å². The summed E-state index contributed by atoms with van der Waals surface area (Å²) < 4.78 is 5.43. The zero-order chi connectivity index (χ0) is 19.8. The zero-order valence-electron chi connectivity index (χ0n) is 15.7. The van der Waals surface area contributed by atoms with Gasteiger partial charge in [0.15, 0.2) is 5.82 Å². The third-order valence-electron chi connectivity index (χ3n) is 5.22. The molecule has 0 bridgehead atoms. The minimum Gasteiger partial charge on any atom is -0.481 e. The molecule has 2 heterocycles. The van der Waals surface area contributed by atoms with Crippen LogP contribution < -0.4 is 5.32 Å². The fourth-order valence-corrected chi connectivity index (χ4v) is 3.79. The number of fused-ring (bicyclic) bond motifs is 2. The number of hydrogen-bond acceptors (Lipinski definition) is 5. The van der Waals surface area contributed by atoms with Crippen molar-refractivity contribution in [1.29, 1.82) is 0 Å². The van der Waals surface area contributed by atoms with Crippen molar-refractivity contribution in [1.82, 2.24) is 9.97 Å². The number of carboxylic acids is 1. The lowest BCUT2D eigenvalue weighted by molar-refractivity contribution is -0.136. The Morgan fingerprint density at radius 3 is 2.76 bits per heavy atom. The summed E-state index contributed by atoms with van der Waals surface area (Å²) in [5.74, 6) is 0.679. The molecule has 144 valence electrons. The number of rotatable bonds is 5. The molecule has 1 aliphatic carbocycles. The number of carbonyl (C=O) groups is 1. The Kier molecular flexibility index (Phi) is 4.24. The number of nitrogens with zero attached hydrogens (tertiary/aromatic N) is 2. The lowest BCUT2D eigenvalue weighted by atomic mass is 10.1. The first-order chi connectivity index (χ1) is 14.2. The van der Waals surface area contributed by atoms with Crippen molar-refractivity contribution in [2.75, 3.05) is 5.32 Å². The highest BCUT2D eigenvalue weighted by Crippen LogP contribution is 2.32. The number of benzene rings is 2. The predicted molar refractivity (Wildman–Crippen MR) is 110 cm³/mol. The van der Waals surface area contributed by atoms with Crippen molar-refractivity contribution in [3.05, 3.63) is 71.6 Å². The quantitative estimate of drug-likeness (QED) is 0.515. The Hall–Kier alpha value is -3.67. The molecular formula is C23H19N3O3. The molecule has 2 aromatic heterocycles. The van der Waals surface area contributed by atoms with Gasteiger partial charge in [0.1, 0.15) is 11.4 Å². The van der Waals surface area contributed by atoms with E-state index in [1.54, 1.807) is 6.26 Å². The standard InChI is InChI=1S/C23H19N3O3/c27-21(28)12-14-4-7-17(8-5-14)24-23-18-2-1-3-19(18)25-22(26-23)16-6-9-20-15(13-16)10-11-29-20/h4-11,13H,1-3,12H2,(H,27,28)(H,24,25,26). The summed E-state index contributed by atoms with van der Waals surface area (Å²) in [6.07, 6.45) is 4.67. The van der Waals surface area contributed by atoms with Crippen molar-refractivity contribution in [3.8, 4) is 11.4 Å². The number of aromatic nitrogens is 2. The molecule has 5 rings (SSSR count). The van der Waals surface area contributed by atoms with Crippen LogP contribution in [0.4, 0.5) is 11.5 Å². The summed E-state index contributed by atoms with van der Waals surface area (Å²) in [6.45, 7) is 0. The summed E-state index contributed by atoms with van der Waals surface area (Å²) >= 11 is 0. The van der Waals surface area contributed by atoms with Gasteiger partial charge in [-0.3, -0.25) is 4.79 Å². The van der Waals surface area contributed by atoms with Crippen molar-refractivity contribution in [2.45, 2.75) is 25.7 Å². The van der Waals surface area contributed by atoms with Crippen LogP contribution in [-0.4, -0.2) is 21.0 Å². The molecule has 0 radical (unpaired) electrons. The van der Waals surface area contributed by atoms with E-state index in [0.29, 0.717) is 5.82 Å². The highest BCUT2D eigenvalue weighted by atomic mass is 16.4. The van der Waals surface area contributed by atoms with Crippen LogP contribution in [0.25, 0.3) is 22.4 Å². The summed E-state index contributed by atoms with van der Waals surface area (Å²) in [5, 5.41) is 13.4. The number of nitrogens with one attached hydrogen (secondary N) is 1. The van der Waals surface area contributed by atoms with Crippen molar-refractivity contribution < 1.29 is 14.3 Å². The molecule has 1 aliphatic rings. The highest BCUT2D eigenvalue weighted by Gasteiger charge is 2.20. The SMILES string of the molecule is O=C(O)Cc1ccc(Nc2nc(-c3ccc4occc4c3)nc3c2CCC3)cc1. The maximum atomic E-state index is 10.9. The molecule has 2 aromatic carbocycles. The first kappa shape index (κ1) is 17.4. The normalized spacial score (nSPS) is 12.8. The van der Waals surface area contributed by atoms with Gasteiger partial charge in [0, 0.05) is 27.9 Å². The van der Waals surface area contributed by atoms with E-state index >= 15 is 0 Å². The molecule has 0 saturated heterocycles. The Bertz CT molecular complexity index is 1210. The topological polar surface area (TPSA) is 88.2 Å². The third kappa shape index (κ3) is 3.45. The van der Waals surface area contributed by atoms with Crippen LogP contribution in [0.5, 0.6) is 0 Å². The lowest BCUT2D eigenvalue weighted by Crippen LogP contribution is -2.04. The minimum atomic E-state index is -0.835. The van der Waals surface area contributed by atoms with Gasteiger partial charge < -0.3 is 14.8 Å². The Balaban J connectivity index is 1.50. The fourth-order valence-electron chi connectivity index (χ4n) is 3.79. The first-order valence-corrected chi connectivity index (χ1v) is 9.61. The minimum absolute atomic E-state index is 0.0177. The fraction of sp³-hybridized carbons (Fsp3) is 0.174. The molecule has 0 amide bonds. The lowest BCUT2D eigenvalue weighted by Gasteiger charge is -2.13. The zero-order valence-corrected chi connectivity index (χ0v) is 15.7. The second-order valence-electron chi connectivity index (χ2n) is 7.24. The summed E-state index contributed by atoms with van der Waals surface area (Å²) in [5.41, 5.74) is 5.69. The number of anilines is 2. The van der Waals surface area contributed by atoms with Gasteiger partial charge in [0.05, 0.1) is 12.7 Å². The molecule has 0 saturated carbocycles. The molecule has 0 atom stereocenters. The van der Waals surface area contributed by atoms with Gasteiger partial charge in [0.25, 0.3) is 0 Å². The van der Waals surface area contributed by atoms with Crippen LogP contribution in [-0.2, 0) is 24.1 Å². The molecule has 6 heteroatoms. The monoisotopic (exact) mass is 385 g/mol. The molecular weight excluding hydrogens is 366 g/mol. The van der Waals surface area contributed by atoms with E-state index in [-0.39, 0.29) is 6.42 Å². The van der Waals surface area contributed by atoms with E-state index in [1.807, 2.05) is 48.5 Å². The van der Waals surface area contributed by atoms with E-state index in [9.17, 15) is 4.79 Å². The Morgan fingerprint density at radius 1 is 1.07 bits per heavy atom. The molecule has 0 fully saturated rings. The molecule has 0 unspecified atom stereocenters. The van der Waals surface area contributed by atoms with Crippen LogP contribution in [0, 0.1) is 0 Å². The second-order valence-corrected chi connectivity index (χ2v) is 7.24. The molecule has 2 N–H and O–H groups in total. The smallest absolute Gasteiger partial charge is 0.307 e. The molecule has 0 spiro atoms. The van der Waals surface area contributed by atoms with E-state index in [4.69, 9.17) is 19.5 Å². The van der Waals surface area contributed by atoms with Gasteiger partial charge in [-0.1, -0.05) is 12.1 Å². The van der Waals surface area contributed by atoms with Crippen LogP contribution >= 0.6 is 0 Å². The predicted octanol–water partition coefficient (Wildman–Crippen LogP) is 4.75. The summed E-state index contributed by atoms with van der Waals surface area (Å²) in [4.78, 5) is 20.5. The number of hydrogen-bond donors (Lipinski definition) is 2. The highest BCUT2D eigenvalue weighted by molar-refractivity contribution is 5.82. The third-order valence-corrected chi connectivity index (χ3v) is 5.22. The maximum Gasteiger partial charge on any atom is 0.307 e. The van der Waals surface area contributed by atoms with Gasteiger partial charge in [0.2, 0.25) is 0 Å². The Morgan fingerprint density at radius 2 is 1.93 bits per heavy atom. The van der Waals surface area contributed by atoms with E-state index in [0.717, 1.165) is 64.1 Å². The number of furan rings is 1. The Labute approximate surface area is 167 Å². The van der Waals surface area contributed by atoms with Crippen LogP contribution in [0.3, 0.4) is 0 Å². The van der Waals surface area contributed by atoms with E-state index < -0.39 is 5.97 Å². The van der Waals surface area contributed by atoms with Gasteiger partial charge in [-0.15, -0.1) is 0 Å². The van der Waals surface area contributed by atoms with Crippen molar-refractivity contribution in [3.63, 3.8) is 0 Å². The van der Waals surface area contributed by atoms with E-state index in [2.05, 4.69) is 5.32 Å². The van der Waals surface area contributed by atoms with Crippen LogP contribution in [0.2, 0.25) is 0 Å². The average Bonchev–Trinajstić information content (AvgIpc) is 3.37. The van der Waals surface area contributed by atoms with Gasteiger partial charge in [-0.05, 0) is 61.2 Å². The molecule has 6 nitrogen and oxygen atoms in total. The van der Waals surface area contributed by atoms with Gasteiger partial charge in [-0.2, -0.15) is 0 Å². The molecule has 4 aromatic rings. The number of aliphatic carboxylic acids is 1. The molecule has 0 aliphatic heterocycles. The number of aryl methyl sites for hydroxylation is 1. The maximum absolute atomic E-state index is 10.9. The molecule has 29 heavy (non-hydrogen) atoms.